The highest BCUT2D eigenvalue weighted by molar-refractivity contribution is 6.10. The zero-order valence-corrected chi connectivity index (χ0v) is 6.24. The lowest BCUT2D eigenvalue weighted by Gasteiger charge is -1.95. The Morgan fingerprint density at radius 1 is 1.91 bits per heavy atom. The Morgan fingerprint density at radius 3 is 3.09 bits per heavy atom. The molecular weight excluding hydrogens is 141 g/mol. The zero-order valence-electron chi connectivity index (χ0n) is 6.24. The van der Waals surface area contributed by atoms with Crippen LogP contribution < -0.4 is 5.32 Å². The summed E-state index contributed by atoms with van der Waals surface area (Å²) in [7, 11) is 6.90. The van der Waals surface area contributed by atoms with Crippen molar-refractivity contribution in [1.82, 2.24) is 14.9 Å². The second kappa shape index (κ2) is 3.23. The third-order valence-corrected chi connectivity index (χ3v) is 1.20. The van der Waals surface area contributed by atoms with E-state index < -0.39 is 0 Å². The number of hydrogen-bond acceptors (Lipinski definition) is 2. The molecule has 0 fully saturated rings. The van der Waals surface area contributed by atoms with Crippen LogP contribution in [0.4, 0.5) is 0 Å². The lowest BCUT2D eigenvalue weighted by molar-refractivity contribution is 0.0956. The number of aryl methyl sites for hydroxylation is 1. The summed E-state index contributed by atoms with van der Waals surface area (Å²) in [4.78, 5) is 14.8. The Morgan fingerprint density at radius 2 is 2.64 bits per heavy atom. The first-order valence-electron chi connectivity index (χ1n) is 3.20. The number of nitrogens with one attached hydrogen (secondary N) is 1. The van der Waals surface area contributed by atoms with Gasteiger partial charge in [0, 0.05) is 13.2 Å². The fourth-order valence-corrected chi connectivity index (χ4v) is 0.713. The van der Waals surface area contributed by atoms with Crippen LogP contribution in [0.15, 0.2) is 12.5 Å². The van der Waals surface area contributed by atoms with Crippen molar-refractivity contribution >= 4 is 13.8 Å². The highest BCUT2D eigenvalue weighted by atomic mass is 16.1. The van der Waals surface area contributed by atoms with E-state index in [9.17, 15) is 4.79 Å². The van der Waals surface area contributed by atoms with Gasteiger partial charge >= 0.3 is 0 Å². The highest BCUT2D eigenvalue weighted by Crippen LogP contribution is 1.92. The first-order valence-corrected chi connectivity index (χ1v) is 3.20. The largest absolute Gasteiger partial charge is 0.360 e. The molecular formula is C6H8BN3O. The molecule has 1 amide bonds. The van der Waals surface area contributed by atoms with Gasteiger partial charge in [-0.1, -0.05) is 0 Å². The fraction of sp³-hybridized carbons (Fsp3) is 0.333. The molecule has 1 aromatic heterocycles. The second-order valence-corrected chi connectivity index (χ2v) is 2.13. The van der Waals surface area contributed by atoms with Crippen LogP contribution in [0, 0.1) is 0 Å². The number of amides is 1. The molecule has 11 heavy (non-hydrogen) atoms. The molecule has 0 aliphatic carbocycles. The third-order valence-electron chi connectivity index (χ3n) is 1.20. The average Bonchev–Trinajstić information content (AvgIpc) is 2.36. The van der Waals surface area contributed by atoms with Gasteiger partial charge in [0.25, 0.3) is 5.91 Å². The van der Waals surface area contributed by atoms with E-state index >= 15 is 0 Å². The first-order chi connectivity index (χ1) is 5.24. The van der Waals surface area contributed by atoms with E-state index in [-0.39, 0.29) is 12.4 Å². The summed E-state index contributed by atoms with van der Waals surface area (Å²) in [5.41, 5.74) is 0.387. The highest BCUT2D eigenvalue weighted by Gasteiger charge is 2.05. The normalized spacial score (nSPS) is 9.55. The van der Waals surface area contributed by atoms with Crippen LogP contribution >= 0.6 is 0 Å². The van der Waals surface area contributed by atoms with Crippen molar-refractivity contribution in [2.24, 2.45) is 7.05 Å². The maximum absolute atomic E-state index is 11.0. The fourth-order valence-electron chi connectivity index (χ4n) is 0.713. The van der Waals surface area contributed by atoms with Crippen molar-refractivity contribution < 1.29 is 4.79 Å². The number of nitrogens with zero attached hydrogens (tertiary/aromatic N) is 2. The van der Waals surface area contributed by atoms with Crippen LogP contribution in [-0.4, -0.2) is 29.7 Å². The van der Waals surface area contributed by atoms with Crippen molar-refractivity contribution in [2.45, 2.75) is 0 Å². The summed E-state index contributed by atoms with van der Waals surface area (Å²) < 4.78 is 1.70. The summed E-state index contributed by atoms with van der Waals surface area (Å²) in [6.45, 7) is 0. The smallest absolute Gasteiger partial charge is 0.270 e. The molecule has 0 aliphatic heterocycles. The summed E-state index contributed by atoms with van der Waals surface area (Å²) >= 11 is 0. The van der Waals surface area contributed by atoms with E-state index in [1.54, 1.807) is 24.1 Å². The number of imidazole rings is 1. The maximum atomic E-state index is 11.0. The molecule has 0 aliphatic rings. The molecule has 1 rings (SSSR count). The first kappa shape index (κ1) is 7.85. The van der Waals surface area contributed by atoms with Crippen molar-refractivity contribution in [3.05, 3.63) is 18.2 Å². The van der Waals surface area contributed by atoms with E-state index in [2.05, 4.69) is 10.3 Å². The second-order valence-electron chi connectivity index (χ2n) is 2.13. The number of rotatable bonds is 2. The minimum absolute atomic E-state index is 0.134. The van der Waals surface area contributed by atoms with Gasteiger partial charge in [-0.15, -0.1) is 0 Å². The molecule has 1 aromatic rings. The number of aromatic nitrogens is 2. The van der Waals surface area contributed by atoms with Gasteiger partial charge in [-0.05, 0) is 6.44 Å². The Balaban J connectivity index is 2.69. The van der Waals surface area contributed by atoms with Crippen LogP contribution in [0.5, 0.6) is 0 Å². The van der Waals surface area contributed by atoms with Gasteiger partial charge in [-0.25, -0.2) is 4.98 Å². The summed E-state index contributed by atoms with van der Waals surface area (Å²) in [6, 6.07) is 0. The predicted octanol–water partition coefficient (Wildman–Crippen LogP) is -0.724. The Bertz CT molecular complexity index is 258. The molecule has 2 radical (unpaired) electrons. The number of carbonyl (C=O) groups excluding carboxylic acids is 1. The SMILES string of the molecule is [B]CNC(=O)c1cn(C)cn1. The molecule has 0 aromatic carbocycles. The van der Waals surface area contributed by atoms with Gasteiger partial charge in [-0.2, -0.15) is 0 Å². The standard InChI is InChI=1S/C6H8BN3O/c1-10-2-5(9-4-10)6(11)8-3-7/h2,4H,3H2,1H3,(H,8,11). The van der Waals surface area contributed by atoms with Crippen molar-refractivity contribution in [3.8, 4) is 0 Å². The van der Waals surface area contributed by atoms with Crippen molar-refractivity contribution in [1.29, 1.82) is 0 Å². The van der Waals surface area contributed by atoms with Crippen molar-refractivity contribution in [3.63, 3.8) is 0 Å². The molecule has 0 saturated heterocycles. The molecule has 4 nitrogen and oxygen atoms in total. The summed E-state index contributed by atoms with van der Waals surface area (Å²) in [6.07, 6.45) is 3.33. The molecule has 0 unspecified atom stereocenters. The van der Waals surface area contributed by atoms with Gasteiger partial charge in [0.15, 0.2) is 0 Å². The summed E-state index contributed by atoms with van der Waals surface area (Å²) in [5.74, 6) is -0.242. The van der Waals surface area contributed by atoms with Crippen LogP contribution in [0.1, 0.15) is 10.5 Å². The van der Waals surface area contributed by atoms with E-state index in [1.807, 2.05) is 0 Å². The third kappa shape index (κ3) is 1.83. The Kier molecular flexibility index (Phi) is 2.30. The van der Waals surface area contributed by atoms with Gasteiger partial charge in [0.2, 0.25) is 0 Å². The Labute approximate surface area is 66.0 Å². The lowest BCUT2D eigenvalue weighted by Crippen LogP contribution is -2.24. The number of carbonyl (C=O) groups is 1. The minimum Gasteiger partial charge on any atom is -0.360 e. The minimum atomic E-state index is -0.242. The lowest BCUT2D eigenvalue weighted by atomic mass is 10.2. The maximum Gasteiger partial charge on any atom is 0.270 e. The van der Waals surface area contributed by atoms with Gasteiger partial charge < -0.3 is 9.88 Å². The molecule has 0 spiro atoms. The molecule has 0 saturated carbocycles. The molecule has 0 bridgehead atoms. The Hall–Kier alpha value is -1.26. The monoisotopic (exact) mass is 149 g/mol. The van der Waals surface area contributed by atoms with Crippen molar-refractivity contribution in [2.75, 3.05) is 6.44 Å². The van der Waals surface area contributed by atoms with Crippen LogP contribution in [-0.2, 0) is 7.05 Å². The summed E-state index contributed by atoms with van der Waals surface area (Å²) in [5, 5.41) is 2.44. The average molecular weight is 149 g/mol. The van der Waals surface area contributed by atoms with Gasteiger partial charge in [-0.3, -0.25) is 4.79 Å². The zero-order chi connectivity index (χ0) is 8.27. The molecule has 1 heterocycles. The quantitative estimate of drug-likeness (QED) is 0.563. The van der Waals surface area contributed by atoms with E-state index in [4.69, 9.17) is 7.85 Å². The van der Waals surface area contributed by atoms with Gasteiger partial charge in [0.05, 0.1) is 14.2 Å². The molecule has 5 heteroatoms. The van der Waals surface area contributed by atoms with Gasteiger partial charge in [0.1, 0.15) is 5.69 Å². The van der Waals surface area contributed by atoms with Crippen LogP contribution in [0.3, 0.4) is 0 Å². The van der Waals surface area contributed by atoms with E-state index in [1.165, 1.54) is 0 Å². The molecule has 1 N–H and O–H groups in total. The van der Waals surface area contributed by atoms with E-state index in [0.29, 0.717) is 5.69 Å². The van der Waals surface area contributed by atoms with Crippen LogP contribution in [0.2, 0.25) is 0 Å². The topological polar surface area (TPSA) is 46.9 Å². The molecule has 56 valence electrons. The number of hydrogen-bond donors (Lipinski definition) is 1. The van der Waals surface area contributed by atoms with Crippen LogP contribution in [0.25, 0.3) is 0 Å². The molecule has 0 atom stereocenters. The predicted molar refractivity (Wildman–Crippen MR) is 41.3 cm³/mol. The van der Waals surface area contributed by atoms with E-state index in [0.717, 1.165) is 0 Å².